The minimum Gasteiger partial charge on any atom is -0.324 e. The first kappa shape index (κ1) is 10.7. The third kappa shape index (κ3) is 2.02. The number of rotatable bonds is 2. The molecule has 1 aliphatic rings. The summed E-state index contributed by atoms with van der Waals surface area (Å²) >= 11 is 0. The van der Waals surface area contributed by atoms with Crippen molar-refractivity contribution in [2.45, 2.75) is 0 Å². The summed E-state index contributed by atoms with van der Waals surface area (Å²) in [7, 11) is 0. The number of nitrogens with zero attached hydrogens (tertiary/aromatic N) is 1. The monoisotopic (exact) mass is 236 g/mol. The number of fused-ring (bicyclic) bond motifs is 1. The van der Waals surface area contributed by atoms with Crippen LogP contribution < -0.4 is 5.32 Å². The molecule has 1 amide bonds. The van der Waals surface area contributed by atoms with E-state index in [9.17, 15) is 4.79 Å². The Balaban J connectivity index is 1.84. The van der Waals surface area contributed by atoms with Gasteiger partial charge in [-0.15, -0.1) is 0 Å². The molecule has 0 bridgehead atoms. The molecule has 2 aromatic rings. The lowest BCUT2D eigenvalue weighted by atomic mass is 10.1. The van der Waals surface area contributed by atoms with Crippen LogP contribution in [0.3, 0.4) is 0 Å². The minimum absolute atomic E-state index is 0.0305. The topological polar surface area (TPSA) is 42.0 Å². The number of anilines is 1. The van der Waals surface area contributed by atoms with Gasteiger partial charge in [0, 0.05) is 5.39 Å². The Morgan fingerprint density at radius 1 is 1.17 bits per heavy atom. The number of benzene rings is 1. The normalized spacial score (nSPS) is 14.2. The number of aromatic nitrogens is 1. The van der Waals surface area contributed by atoms with Gasteiger partial charge in [-0.1, -0.05) is 42.5 Å². The predicted octanol–water partition coefficient (Wildman–Crippen LogP) is 2.92. The van der Waals surface area contributed by atoms with Crippen molar-refractivity contribution in [3.8, 4) is 0 Å². The number of hydrogen-bond donors (Lipinski definition) is 1. The summed E-state index contributed by atoms with van der Waals surface area (Å²) in [5.74, 6) is -0.200. The SMILES string of the molecule is O=C(Nc1cnc2ccccc2c1)C1C=CC=C1. The van der Waals surface area contributed by atoms with Crippen molar-refractivity contribution in [3.05, 3.63) is 60.8 Å². The smallest absolute Gasteiger partial charge is 0.235 e. The van der Waals surface area contributed by atoms with Crippen molar-refractivity contribution < 1.29 is 4.79 Å². The van der Waals surface area contributed by atoms with Gasteiger partial charge in [-0.2, -0.15) is 0 Å². The van der Waals surface area contributed by atoms with E-state index in [1.165, 1.54) is 0 Å². The third-order valence-electron chi connectivity index (χ3n) is 2.91. The summed E-state index contributed by atoms with van der Waals surface area (Å²) < 4.78 is 0. The Kier molecular flexibility index (Phi) is 2.65. The number of carbonyl (C=O) groups is 1. The van der Waals surface area contributed by atoms with Gasteiger partial charge >= 0.3 is 0 Å². The van der Waals surface area contributed by atoms with E-state index in [0.29, 0.717) is 0 Å². The van der Waals surface area contributed by atoms with E-state index in [1.807, 2.05) is 54.6 Å². The highest BCUT2D eigenvalue weighted by atomic mass is 16.1. The molecule has 3 rings (SSSR count). The average Bonchev–Trinajstić information content (AvgIpc) is 2.92. The molecule has 1 aromatic heterocycles. The number of pyridine rings is 1. The molecule has 1 aromatic carbocycles. The molecule has 1 N–H and O–H groups in total. The van der Waals surface area contributed by atoms with E-state index in [0.717, 1.165) is 16.6 Å². The quantitative estimate of drug-likeness (QED) is 0.871. The van der Waals surface area contributed by atoms with Crippen molar-refractivity contribution in [3.63, 3.8) is 0 Å². The maximum atomic E-state index is 11.9. The van der Waals surface area contributed by atoms with Crippen LogP contribution in [0.4, 0.5) is 5.69 Å². The molecule has 18 heavy (non-hydrogen) atoms. The van der Waals surface area contributed by atoms with Gasteiger partial charge in [0.05, 0.1) is 23.3 Å². The number of nitrogens with one attached hydrogen (secondary N) is 1. The number of para-hydroxylation sites is 1. The van der Waals surface area contributed by atoms with Crippen LogP contribution in [-0.4, -0.2) is 10.9 Å². The zero-order valence-electron chi connectivity index (χ0n) is 9.71. The molecule has 1 aliphatic carbocycles. The van der Waals surface area contributed by atoms with Crippen molar-refractivity contribution in [1.29, 1.82) is 0 Å². The molecular weight excluding hydrogens is 224 g/mol. The Bertz CT molecular complexity index is 646. The zero-order valence-corrected chi connectivity index (χ0v) is 9.71. The highest BCUT2D eigenvalue weighted by Gasteiger charge is 2.14. The van der Waals surface area contributed by atoms with E-state index in [4.69, 9.17) is 0 Å². The predicted molar refractivity (Wildman–Crippen MR) is 72.1 cm³/mol. The van der Waals surface area contributed by atoms with Gasteiger partial charge in [-0.05, 0) is 12.1 Å². The molecule has 0 atom stereocenters. The van der Waals surface area contributed by atoms with Crippen LogP contribution in [0.2, 0.25) is 0 Å². The van der Waals surface area contributed by atoms with Crippen molar-refractivity contribution in [2.24, 2.45) is 5.92 Å². The van der Waals surface area contributed by atoms with Crippen molar-refractivity contribution >= 4 is 22.5 Å². The summed E-state index contributed by atoms with van der Waals surface area (Å²) in [5.41, 5.74) is 1.66. The third-order valence-corrected chi connectivity index (χ3v) is 2.91. The van der Waals surface area contributed by atoms with Crippen LogP contribution in [0.1, 0.15) is 0 Å². The van der Waals surface area contributed by atoms with Gasteiger partial charge in [0.15, 0.2) is 0 Å². The first-order chi connectivity index (χ1) is 8.83. The number of amides is 1. The fourth-order valence-corrected chi connectivity index (χ4v) is 1.97. The van der Waals surface area contributed by atoms with E-state index < -0.39 is 0 Å². The highest BCUT2D eigenvalue weighted by Crippen LogP contribution is 2.18. The molecule has 0 radical (unpaired) electrons. The van der Waals surface area contributed by atoms with Crippen molar-refractivity contribution in [1.82, 2.24) is 4.98 Å². The lowest BCUT2D eigenvalue weighted by Gasteiger charge is -2.08. The second kappa shape index (κ2) is 4.45. The van der Waals surface area contributed by atoms with Crippen LogP contribution in [-0.2, 0) is 4.79 Å². The lowest BCUT2D eigenvalue weighted by molar-refractivity contribution is -0.117. The van der Waals surface area contributed by atoms with Gasteiger partial charge in [0.25, 0.3) is 0 Å². The van der Waals surface area contributed by atoms with Crippen LogP contribution in [0, 0.1) is 5.92 Å². The summed E-state index contributed by atoms with van der Waals surface area (Å²) in [4.78, 5) is 16.2. The van der Waals surface area contributed by atoms with Gasteiger partial charge in [0.1, 0.15) is 0 Å². The van der Waals surface area contributed by atoms with Gasteiger partial charge < -0.3 is 5.32 Å². The number of hydrogen-bond acceptors (Lipinski definition) is 2. The van der Waals surface area contributed by atoms with Crippen LogP contribution in [0.15, 0.2) is 60.8 Å². The molecule has 3 heteroatoms. The van der Waals surface area contributed by atoms with Crippen LogP contribution >= 0.6 is 0 Å². The molecule has 0 fully saturated rings. The van der Waals surface area contributed by atoms with E-state index >= 15 is 0 Å². The summed E-state index contributed by atoms with van der Waals surface area (Å²) in [6.45, 7) is 0. The molecule has 88 valence electrons. The Labute approximate surface area is 105 Å². The Hall–Kier alpha value is -2.42. The van der Waals surface area contributed by atoms with Crippen LogP contribution in [0.5, 0.6) is 0 Å². The molecule has 1 heterocycles. The average molecular weight is 236 g/mol. The maximum absolute atomic E-state index is 11.9. The lowest BCUT2D eigenvalue weighted by Crippen LogP contribution is -2.18. The second-order valence-electron chi connectivity index (χ2n) is 4.20. The maximum Gasteiger partial charge on any atom is 0.235 e. The van der Waals surface area contributed by atoms with E-state index in [1.54, 1.807) is 6.20 Å². The van der Waals surface area contributed by atoms with Gasteiger partial charge in [-0.25, -0.2) is 0 Å². The molecular formula is C15H12N2O. The summed E-state index contributed by atoms with van der Waals surface area (Å²) in [5, 5.41) is 3.89. The Morgan fingerprint density at radius 3 is 2.78 bits per heavy atom. The molecule has 0 saturated carbocycles. The fourth-order valence-electron chi connectivity index (χ4n) is 1.97. The van der Waals surface area contributed by atoms with E-state index in [2.05, 4.69) is 10.3 Å². The molecule has 3 nitrogen and oxygen atoms in total. The Morgan fingerprint density at radius 2 is 1.94 bits per heavy atom. The number of allylic oxidation sites excluding steroid dienone is 2. The first-order valence-corrected chi connectivity index (χ1v) is 5.83. The van der Waals surface area contributed by atoms with Crippen molar-refractivity contribution in [2.75, 3.05) is 5.32 Å². The molecule has 0 saturated heterocycles. The molecule has 0 spiro atoms. The molecule has 0 unspecified atom stereocenters. The largest absolute Gasteiger partial charge is 0.324 e. The number of carbonyl (C=O) groups excluding carboxylic acids is 1. The summed E-state index contributed by atoms with van der Waals surface area (Å²) in [6, 6.07) is 9.76. The fraction of sp³-hybridized carbons (Fsp3) is 0.0667. The first-order valence-electron chi connectivity index (χ1n) is 5.83. The summed E-state index contributed by atoms with van der Waals surface area (Å²) in [6.07, 6.45) is 9.17. The zero-order chi connectivity index (χ0) is 12.4. The standard InChI is InChI=1S/C15H12N2O/c18-15(11-5-1-2-6-11)17-13-9-12-7-3-4-8-14(12)16-10-13/h1-11H,(H,17,18). The van der Waals surface area contributed by atoms with E-state index in [-0.39, 0.29) is 11.8 Å². The van der Waals surface area contributed by atoms with Gasteiger partial charge in [-0.3, -0.25) is 9.78 Å². The van der Waals surface area contributed by atoms with Crippen LogP contribution in [0.25, 0.3) is 10.9 Å². The van der Waals surface area contributed by atoms with Gasteiger partial charge in [0.2, 0.25) is 5.91 Å². The highest BCUT2D eigenvalue weighted by molar-refractivity contribution is 5.96. The molecule has 0 aliphatic heterocycles. The second-order valence-corrected chi connectivity index (χ2v) is 4.20. The minimum atomic E-state index is -0.170.